The van der Waals surface area contributed by atoms with Crippen molar-refractivity contribution in [2.45, 2.75) is 19.3 Å². The Labute approximate surface area is 101 Å². The SMILES string of the molecule is OCc1ncnn1Cc1ccc(C(F)(F)F)cc1. The van der Waals surface area contributed by atoms with Crippen LogP contribution in [0, 0.1) is 0 Å². The predicted molar refractivity (Wildman–Crippen MR) is 56.5 cm³/mol. The lowest BCUT2D eigenvalue weighted by Crippen LogP contribution is -2.08. The minimum absolute atomic E-state index is 0.263. The third kappa shape index (κ3) is 2.67. The summed E-state index contributed by atoms with van der Waals surface area (Å²) in [6, 6.07) is 4.80. The van der Waals surface area contributed by atoms with Crippen LogP contribution in [0.5, 0.6) is 0 Å². The van der Waals surface area contributed by atoms with Gasteiger partial charge in [0, 0.05) is 0 Å². The minimum atomic E-state index is -4.33. The lowest BCUT2D eigenvalue weighted by molar-refractivity contribution is -0.137. The Balaban J connectivity index is 2.16. The van der Waals surface area contributed by atoms with Crippen LogP contribution >= 0.6 is 0 Å². The fraction of sp³-hybridized carbons (Fsp3) is 0.273. The molecule has 0 aliphatic heterocycles. The minimum Gasteiger partial charge on any atom is -0.388 e. The number of aliphatic hydroxyl groups is 1. The van der Waals surface area contributed by atoms with Crippen LogP contribution in [0.2, 0.25) is 0 Å². The van der Waals surface area contributed by atoms with Crippen molar-refractivity contribution < 1.29 is 18.3 Å². The van der Waals surface area contributed by atoms with Crippen LogP contribution in [0.15, 0.2) is 30.6 Å². The number of nitrogens with zero attached hydrogens (tertiary/aromatic N) is 3. The van der Waals surface area contributed by atoms with E-state index in [2.05, 4.69) is 10.1 Å². The number of hydrogen-bond donors (Lipinski definition) is 1. The van der Waals surface area contributed by atoms with Crippen LogP contribution in [0.4, 0.5) is 13.2 Å². The van der Waals surface area contributed by atoms with E-state index in [1.807, 2.05) is 0 Å². The highest BCUT2D eigenvalue weighted by molar-refractivity contribution is 5.24. The molecular weight excluding hydrogens is 247 g/mol. The highest BCUT2D eigenvalue weighted by atomic mass is 19.4. The Morgan fingerprint density at radius 3 is 2.39 bits per heavy atom. The first kappa shape index (κ1) is 12.6. The van der Waals surface area contributed by atoms with E-state index in [1.54, 1.807) is 0 Å². The van der Waals surface area contributed by atoms with E-state index < -0.39 is 11.7 Å². The van der Waals surface area contributed by atoms with E-state index in [-0.39, 0.29) is 13.2 Å². The molecule has 96 valence electrons. The van der Waals surface area contributed by atoms with Gasteiger partial charge in [-0.25, -0.2) is 9.67 Å². The smallest absolute Gasteiger partial charge is 0.388 e. The van der Waals surface area contributed by atoms with Gasteiger partial charge in [0.1, 0.15) is 12.9 Å². The number of alkyl halides is 3. The quantitative estimate of drug-likeness (QED) is 0.912. The van der Waals surface area contributed by atoms with Crippen molar-refractivity contribution in [2.75, 3.05) is 0 Å². The van der Waals surface area contributed by atoms with Gasteiger partial charge in [-0.2, -0.15) is 18.3 Å². The van der Waals surface area contributed by atoms with Crippen molar-refractivity contribution >= 4 is 0 Å². The van der Waals surface area contributed by atoms with Gasteiger partial charge in [-0.1, -0.05) is 12.1 Å². The molecule has 4 nitrogen and oxygen atoms in total. The van der Waals surface area contributed by atoms with Gasteiger partial charge in [0.25, 0.3) is 0 Å². The van der Waals surface area contributed by atoms with Crippen LogP contribution in [-0.4, -0.2) is 19.9 Å². The second kappa shape index (κ2) is 4.77. The van der Waals surface area contributed by atoms with Gasteiger partial charge in [0.15, 0.2) is 5.82 Å². The molecule has 1 heterocycles. The van der Waals surface area contributed by atoms with Crippen molar-refractivity contribution in [3.63, 3.8) is 0 Å². The molecule has 1 aromatic carbocycles. The Morgan fingerprint density at radius 2 is 1.83 bits per heavy atom. The Morgan fingerprint density at radius 1 is 1.17 bits per heavy atom. The molecule has 0 bridgehead atoms. The van der Waals surface area contributed by atoms with Gasteiger partial charge in [-0.15, -0.1) is 0 Å². The first-order valence-corrected chi connectivity index (χ1v) is 5.14. The van der Waals surface area contributed by atoms with E-state index in [0.29, 0.717) is 11.4 Å². The van der Waals surface area contributed by atoms with E-state index >= 15 is 0 Å². The van der Waals surface area contributed by atoms with E-state index in [9.17, 15) is 13.2 Å². The van der Waals surface area contributed by atoms with Crippen molar-refractivity contribution in [2.24, 2.45) is 0 Å². The second-order valence-electron chi connectivity index (χ2n) is 3.69. The molecule has 0 aliphatic rings. The fourth-order valence-corrected chi connectivity index (χ4v) is 1.51. The van der Waals surface area contributed by atoms with Crippen molar-refractivity contribution in [1.82, 2.24) is 14.8 Å². The van der Waals surface area contributed by atoms with E-state index in [4.69, 9.17) is 5.11 Å². The zero-order chi connectivity index (χ0) is 13.2. The summed E-state index contributed by atoms with van der Waals surface area (Å²) in [7, 11) is 0. The van der Waals surface area contributed by atoms with E-state index in [0.717, 1.165) is 12.1 Å². The maximum atomic E-state index is 12.4. The topological polar surface area (TPSA) is 50.9 Å². The molecule has 0 radical (unpaired) electrons. The summed E-state index contributed by atoms with van der Waals surface area (Å²) in [4.78, 5) is 3.81. The molecule has 18 heavy (non-hydrogen) atoms. The molecule has 0 fully saturated rings. The Bertz CT molecular complexity index is 519. The number of benzene rings is 1. The lowest BCUT2D eigenvalue weighted by atomic mass is 10.1. The van der Waals surface area contributed by atoms with Crippen molar-refractivity contribution in [1.29, 1.82) is 0 Å². The molecule has 0 amide bonds. The third-order valence-corrected chi connectivity index (χ3v) is 2.45. The molecule has 1 aromatic heterocycles. The molecule has 0 spiro atoms. The van der Waals surface area contributed by atoms with E-state index in [1.165, 1.54) is 23.1 Å². The van der Waals surface area contributed by atoms with Gasteiger partial charge in [-0.05, 0) is 17.7 Å². The molecular formula is C11H10F3N3O. The Hall–Kier alpha value is -1.89. The zero-order valence-electron chi connectivity index (χ0n) is 9.22. The number of aliphatic hydroxyl groups excluding tert-OH is 1. The van der Waals surface area contributed by atoms with Crippen molar-refractivity contribution in [3.05, 3.63) is 47.5 Å². The standard InChI is InChI=1S/C11H10F3N3O/c12-11(13,14)9-3-1-8(2-4-9)5-17-10(6-18)15-7-16-17/h1-4,7,18H,5-6H2. The summed E-state index contributed by atoms with van der Waals surface area (Å²) in [5.74, 6) is 0.370. The third-order valence-electron chi connectivity index (χ3n) is 2.45. The highest BCUT2D eigenvalue weighted by Crippen LogP contribution is 2.29. The van der Waals surface area contributed by atoms with Crippen LogP contribution < -0.4 is 0 Å². The first-order valence-electron chi connectivity index (χ1n) is 5.14. The summed E-state index contributed by atoms with van der Waals surface area (Å²) >= 11 is 0. The van der Waals surface area contributed by atoms with Gasteiger partial charge in [0.05, 0.1) is 12.1 Å². The van der Waals surface area contributed by atoms with Gasteiger partial charge >= 0.3 is 6.18 Å². The molecule has 1 N–H and O–H groups in total. The summed E-state index contributed by atoms with van der Waals surface area (Å²) in [5.41, 5.74) is -0.0320. The average molecular weight is 257 g/mol. The molecule has 0 saturated carbocycles. The molecule has 0 unspecified atom stereocenters. The largest absolute Gasteiger partial charge is 0.416 e. The van der Waals surface area contributed by atoms with Crippen LogP contribution in [0.1, 0.15) is 17.0 Å². The predicted octanol–water partition coefficient (Wildman–Crippen LogP) is 1.84. The number of hydrogen-bond acceptors (Lipinski definition) is 3. The monoisotopic (exact) mass is 257 g/mol. The molecule has 0 saturated heterocycles. The number of aromatic nitrogens is 3. The molecule has 2 aromatic rings. The van der Waals surface area contributed by atoms with Crippen LogP contribution in [0.25, 0.3) is 0 Å². The summed E-state index contributed by atoms with van der Waals surface area (Å²) in [5, 5.41) is 12.8. The number of rotatable bonds is 3. The summed E-state index contributed by atoms with van der Waals surface area (Å²) in [6.07, 6.45) is -3.04. The molecule has 2 rings (SSSR count). The summed E-state index contributed by atoms with van der Waals surface area (Å²) < 4.78 is 38.5. The maximum Gasteiger partial charge on any atom is 0.416 e. The van der Waals surface area contributed by atoms with Gasteiger partial charge in [-0.3, -0.25) is 0 Å². The maximum absolute atomic E-state index is 12.4. The highest BCUT2D eigenvalue weighted by Gasteiger charge is 2.29. The average Bonchev–Trinajstić information content (AvgIpc) is 2.76. The van der Waals surface area contributed by atoms with Crippen molar-refractivity contribution in [3.8, 4) is 0 Å². The fourth-order valence-electron chi connectivity index (χ4n) is 1.51. The normalized spacial score (nSPS) is 11.8. The lowest BCUT2D eigenvalue weighted by Gasteiger charge is -2.08. The number of halogens is 3. The van der Waals surface area contributed by atoms with Gasteiger partial charge < -0.3 is 5.11 Å². The van der Waals surface area contributed by atoms with Gasteiger partial charge in [0.2, 0.25) is 0 Å². The second-order valence-corrected chi connectivity index (χ2v) is 3.69. The molecule has 7 heteroatoms. The van der Waals surface area contributed by atoms with Crippen LogP contribution in [-0.2, 0) is 19.3 Å². The Kier molecular flexibility index (Phi) is 3.33. The zero-order valence-corrected chi connectivity index (χ0v) is 9.22. The van der Waals surface area contributed by atoms with Crippen LogP contribution in [0.3, 0.4) is 0 Å². The molecule has 0 atom stereocenters. The summed E-state index contributed by atoms with van der Waals surface area (Å²) in [6.45, 7) is 0.00860. The molecule has 0 aliphatic carbocycles. The first-order chi connectivity index (χ1) is 8.50.